The maximum atomic E-state index is 12.1. The van der Waals surface area contributed by atoms with Crippen molar-refractivity contribution in [2.24, 2.45) is 5.73 Å². The van der Waals surface area contributed by atoms with Crippen LogP contribution in [0.3, 0.4) is 0 Å². The highest BCUT2D eigenvalue weighted by atomic mass is 32.2. The number of nitrogens with two attached hydrogens (primary N) is 1. The summed E-state index contributed by atoms with van der Waals surface area (Å²) < 4.78 is 24.7. The van der Waals surface area contributed by atoms with Crippen LogP contribution < -0.4 is 5.73 Å². The Kier molecular flexibility index (Phi) is 2.64. The third kappa shape index (κ3) is 1.89. The first-order valence-corrected chi connectivity index (χ1v) is 5.98. The van der Waals surface area contributed by atoms with Gasteiger partial charge in [-0.2, -0.15) is 8.42 Å². The van der Waals surface area contributed by atoms with Gasteiger partial charge in [0.1, 0.15) is 6.33 Å². The van der Waals surface area contributed by atoms with Crippen LogP contribution in [0.5, 0.6) is 0 Å². The molecule has 0 fully saturated rings. The van der Waals surface area contributed by atoms with Gasteiger partial charge in [-0.3, -0.25) is 4.79 Å². The fourth-order valence-electron chi connectivity index (χ4n) is 1.26. The van der Waals surface area contributed by atoms with E-state index in [2.05, 4.69) is 10.1 Å². The predicted molar refractivity (Wildman–Crippen MR) is 57.6 cm³/mol. The molecule has 1 aromatic heterocycles. The van der Waals surface area contributed by atoms with E-state index in [9.17, 15) is 13.2 Å². The van der Waals surface area contributed by atoms with Crippen molar-refractivity contribution in [3.05, 3.63) is 42.5 Å². The van der Waals surface area contributed by atoms with E-state index in [4.69, 9.17) is 5.73 Å². The molecule has 0 atom stereocenters. The summed E-state index contributed by atoms with van der Waals surface area (Å²) in [5, 5.41) is 3.50. The Hall–Kier alpha value is -2.22. The number of hydrogen-bond acceptors (Lipinski definition) is 5. The Labute approximate surface area is 96.9 Å². The molecule has 17 heavy (non-hydrogen) atoms. The lowest BCUT2D eigenvalue weighted by atomic mass is 10.4. The van der Waals surface area contributed by atoms with Gasteiger partial charge in [-0.05, 0) is 12.1 Å². The molecule has 88 valence electrons. The largest absolute Gasteiger partial charge is 0.363 e. The molecule has 1 aromatic carbocycles. The van der Waals surface area contributed by atoms with Gasteiger partial charge in [-0.15, -0.1) is 9.19 Å². The summed E-state index contributed by atoms with van der Waals surface area (Å²) in [6.07, 6.45) is 0.959. The van der Waals surface area contributed by atoms with Crippen LogP contribution >= 0.6 is 0 Å². The predicted octanol–water partition coefficient (Wildman–Crippen LogP) is -0.386. The summed E-state index contributed by atoms with van der Waals surface area (Å²) in [5.41, 5.74) is 5.01. The van der Waals surface area contributed by atoms with Gasteiger partial charge in [0.15, 0.2) is 0 Å². The average molecular weight is 252 g/mol. The summed E-state index contributed by atoms with van der Waals surface area (Å²) in [6.45, 7) is 0. The molecule has 0 aliphatic rings. The van der Waals surface area contributed by atoms with E-state index in [1.807, 2.05) is 0 Å². The second-order valence-electron chi connectivity index (χ2n) is 3.11. The maximum Gasteiger partial charge on any atom is 0.287 e. The molecule has 0 saturated heterocycles. The van der Waals surface area contributed by atoms with Crippen molar-refractivity contribution in [2.45, 2.75) is 4.90 Å². The minimum atomic E-state index is -3.93. The molecular weight excluding hydrogens is 244 g/mol. The van der Waals surface area contributed by atoms with Crippen molar-refractivity contribution in [3.63, 3.8) is 0 Å². The van der Waals surface area contributed by atoms with Gasteiger partial charge in [0.25, 0.3) is 15.9 Å². The number of benzene rings is 1. The average Bonchev–Trinajstić information content (AvgIpc) is 2.80. The van der Waals surface area contributed by atoms with Crippen LogP contribution in [0.25, 0.3) is 0 Å². The van der Waals surface area contributed by atoms with Gasteiger partial charge >= 0.3 is 0 Å². The normalized spacial score (nSPS) is 11.3. The zero-order valence-corrected chi connectivity index (χ0v) is 9.33. The molecule has 7 nitrogen and oxygen atoms in total. The highest BCUT2D eigenvalue weighted by Gasteiger charge is 2.23. The molecule has 0 aliphatic heterocycles. The van der Waals surface area contributed by atoms with Crippen molar-refractivity contribution in [1.82, 2.24) is 14.2 Å². The Morgan fingerprint density at radius 1 is 1.24 bits per heavy atom. The molecule has 0 unspecified atom stereocenters. The Bertz CT molecular complexity index is 648. The first-order valence-electron chi connectivity index (χ1n) is 4.54. The molecule has 0 spiro atoms. The minimum Gasteiger partial charge on any atom is -0.363 e. The van der Waals surface area contributed by atoms with E-state index >= 15 is 0 Å². The maximum absolute atomic E-state index is 12.1. The summed E-state index contributed by atoms with van der Waals surface area (Å²) in [7, 11) is -3.93. The number of nitrogens with zero attached hydrogens (tertiary/aromatic N) is 3. The summed E-state index contributed by atoms with van der Waals surface area (Å²) in [4.78, 5) is 14.5. The van der Waals surface area contributed by atoms with Crippen LogP contribution in [-0.2, 0) is 10.0 Å². The van der Waals surface area contributed by atoms with Gasteiger partial charge < -0.3 is 5.73 Å². The summed E-state index contributed by atoms with van der Waals surface area (Å²) in [6, 6.07) is 7.58. The number of aromatic nitrogens is 3. The van der Waals surface area contributed by atoms with Gasteiger partial charge in [0.05, 0.1) is 4.90 Å². The molecule has 0 saturated carbocycles. The lowest BCUT2D eigenvalue weighted by molar-refractivity contribution is 0.0989. The van der Waals surface area contributed by atoms with Crippen molar-refractivity contribution < 1.29 is 13.2 Å². The molecule has 1 amide bonds. The second kappa shape index (κ2) is 3.98. The number of hydrogen-bond donors (Lipinski definition) is 1. The fraction of sp³-hybridized carbons (Fsp3) is 0. The van der Waals surface area contributed by atoms with Crippen LogP contribution in [0, 0.1) is 0 Å². The smallest absolute Gasteiger partial charge is 0.287 e. The lowest BCUT2D eigenvalue weighted by Crippen LogP contribution is -2.24. The third-order valence-corrected chi connectivity index (χ3v) is 3.60. The lowest BCUT2D eigenvalue weighted by Gasteiger charge is -2.04. The number of carbonyl (C=O) groups is 1. The quantitative estimate of drug-likeness (QED) is 0.800. The zero-order chi connectivity index (χ0) is 12.5. The number of amides is 1. The van der Waals surface area contributed by atoms with E-state index in [0.717, 1.165) is 6.33 Å². The van der Waals surface area contributed by atoms with Crippen LogP contribution in [0.2, 0.25) is 0 Å². The number of carbonyl (C=O) groups excluding carboxylic acids is 1. The Morgan fingerprint density at radius 3 is 2.47 bits per heavy atom. The van der Waals surface area contributed by atoms with Gasteiger partial charge in [-0.25, -0.2) is 4.98 Å². The topological polar surface area (TPSA) is 108 Å². The van der Waals surface area contributed by atoms with Gasteiger partial charge in [0.2, 0.25) is 5.82 Å². The van der Waals surface area contributed by atoms with Crippen LogP contribution in [0.15, 0.2) is 41.6 Å². The molecule has 2 rings (SSSR count). The minimum absolute atomic E-state index is 0.00741. The van der Waals surface area contributed by atoms with Crippen molar-refractivity contribution in [2.75, 3.05) is 0 Å². The first-order chi connectivity index (χ1) is 8.03. The third-order valence-electron chi connectivity index (χ3n) is 2.01. The molecule has 2 aromatic rings. The van der Waals surface area contributed by atoms with Crippen molar-refractivity contribution in [1.29, 1.82) is 0 Å². The van der Waals surface area contributed by atoms with Crippen LogP contribution in [0.4, 0.5) is 0 Å². The molecular formula is C9H8N4O3S. The molecule has 0 aliphatic carbocycles. The molecule has 0 bridgehead atoms. The van der Waals surface area contributed by atoms with E-state index < -0.39 is 21.8 Å². The molecule has 8 heteroatoms. The van der Waals surface area contributed by atoms with E-state index in [-0.39, 0.29) is 4.90 Å². The van der Waals surface area contributed by atoms with Gasteiger partial charge in [0, 0.05) is 0 Å². The van der Waals surface area contributed by atoms with Crippen molar-refractivity contribution >= 4 is 15.9 Å². The monoisotopic (exact) mass is 252 g/mol. The molecule has 1 heterocycles. The SMILES string of the molecule is NC(=O)c1ncnn1S(=O)(=O)c1ccccc1. The van der Waals surface area contributed by atoms with Gasteiger partial charge in [-0.1, -0.05) is 18.2 Å². The standard InChI is InChI=1S/C9H8N4O3S/c10-8(14)9-11-6-12-13(9)17(15,16)7-4-2-1-3-5-7/h1-6H,(H2,10,14). The second-order valence-corrected chi connectivity index (χ2v) is 4.88. The van der Waals surface area contributed by atoms with Crippen LogP contribution in [-0.4, -0.2) is 28.5 Å². The Balaban J connectivity index is 2.61. The summed E-state index contributed by atoms with van der Waals surface area (Å²) in [5.74, 6) is -1.38. The Morgan fingerprint density at radius 2 is 1.88 bits per heavy atom. The van der Waals surface area contributed by atoms with E-state index in [1.165, 1.54) is 12.1 Å². The number of rotatable bonds is 3. The highest BCUT2D eigenvalue weighted by Crippen LogP contribution is 2.12. The van der Waals surface area contributed by atoms with Crippen LogP contribution in [0.1, 0.15) is 10.6 Å². The number of primary amides is 1. The molecule has 0 radical (unpaired) electrons. The highest BCUT2D eigenvalue weighted by molar-refractivity contribution is 7.89. The first kappa shape index (κ1) is 11.3. The van der Waals surface area contributed by atoms with E-state index in [1.54, 1.807) is 18.2 Å². The van der Waals surface area contributed by atoms with Crippen molar-refractivity contribution in [3.8, 4) is 0 Å². The zero-order valence-electron chi connectivity index (χ0n) is 8.52. The molecule has 2 N–H and O–H groups in total. The van der Waals surface area contributed by atoms with E-state index in [0.29, 0.717) is 4.09 Å². The fourth-order valence-corrected chi connectivity index (χ4v) is 2.49. The summed E-state index contributed by atoms with van der Waals surface area (Å²) >= 11 is 0.